The Balaban J connectivity index is 2.55. The Bertz CT molecular complexity index is 375. The van der Waals surface area contributed by atoms with E-state index in [-0.39, 0.29) is 18.7 Å². The minimum atomic E-state index is -1.01. The maximum atomic E-state index is 12.2. The lowest BCUT2D eigenvalue weighted by Crippen LogP contribution is -2.52. The molecule has 0 spiro atoms. The van der Waals surface area contributed by atoms with Gasteiger partial charge in [-0.2, -0.15) is 0 Å². The summed E-state index contributed by atoms with van der Waals surface area (Å²) >= 11 is 0. The van der Waals surface area contributed by atoms with Crippen molar-refractivity contribution < 1.29 is 23.9 Å². The topological polar surface area (TPSA) is 69.7 Å². The number of rotatable bonds is 9. The molecule has 0 bridgehead atoms. The van der Waals surface area contributed by atoms with E-state index in [1.165, 1.54) is 6.42 Å². The molecular formula is C16H26O5. The average Bonchev–Trinajstić information content (AvgIpc) is 2.45. The van der Waals surface area contributed by atoms with E-state index in [0.717, 1.165) is 25.7 Å². The molecule has 0 radical (unpaired) electrons. The number of ether oxygens (including phenoxy) is 2. The van der Waals surface area contributed by atoms with Crippen molar-refractivity contribution in [2.45, 2.75) is 71.2 Å². The Kier molecular flexibility index (Phi) is 7.18. The van der Waals surface area contributed by atoms with E-state index in [4.69, 9.17) is 9.47 Å². The first-order valence-corrected chi connectivity index (χ1v) is 7.74. The van der Waals surface area contributed by atoms with E-state index in [1.807, 2.05) is 0 Å². The monoisotopic (exact) mass is 298 g/mol. The van der Waals surface area contributed by atoms with Crippen LogP contribution in [0.25, 0.3) is 0 Å². The second-order valence-electron chi connectivity index (χ2n) is 6.01. The van der Waals surface area contributed by atoms with Crippen molar-refractivity contribution in [3.8, 4) is 0 Å². The third-order valence-corrected chi connectivity index (χ3v) is 3.72. The van der Waals surface area contributed by atoms with Gasteiger partial charge in [0.25, 0.3) is 0 Å². The molecule has 21 heavy (non-hydrogen) atoms. The van der Waals surface area contributed by atoms with Gasteiger partial charge in [0, 0.05) is 6.42 Å². The fraction of sp³-hybridized carbons (Fsp3) is 0.812. The Labute approximate surface area is 126 Å². The quantitative estimate of drug-likeness (QED) is 0.371. The molecule has 1 saturated heterocycles. The van der Waals surface area contributed by atoms with Crippen LogP contribution in [0.15, 0.2) is 0 Å². The van der Waals surface area contributed by atoms with Crippen LogP contribution in [0.2, 0.25) is 0 Å². The Morgan fingerprint density at radius 2 is 1.86 bits per heavy atom. The molecule has 0 aromatic carbocycles. The van der Waals surface area contributed by atoms with E-state index >= 15 is 0 Å². The lowest BCUT2D eigenvalue weighted by atomic mass is 9.90. The second-order valence-corrected chi connectivity index (χ2v) is 6.01. The summed E-state index contributed by atoms with van der Waals surface area (Å²) in [6, 6.07) is 0. The van der Waals surface area contributed by atoms with Crippen molar-refractivity contribution in [2.24, 2.45) is 5.92 Å². The molecule has 1 aliphatic heterocycles. The van der Waals surface area contributed by atoms with E-state index in [2.05, 4.69) is 6.92 Å². The highest BCUT2D eigenvalue weighted by Gasteiger charge is 2.43. The molecule has 0 aliphatic carbocycles. The van der Waals surface area contributed by atoms with Gasteiger partial charge in [-0.15, -0.1) is 0 Å². The molecule has 120 valence electrons. The number of carbonyl (C=O) groups excluding carboxylic acids is 3. The summed E-state index contributed by atoms with van der Waals surface area (Å²) in [7, 11) is 0. The van der Waals surface area contributed by atoms with Crippen molar-refractivity contribution in [1.29, 1.82) is 0 Å². The van der Waals surface area contributed by atoms with Crippen molar-refractivity contribution in [2.75, 3.05) is 6.61 Å². The Hall–Kier alpha value is -1.07. The fourth-order valence-corrected chi connectivity index (χ4v) is 2.47. The summed E-state index contributed by atoms with van der Waals surface area (Å²) in [5.41, 5.74) is 0. The standard InChI is InChI=1S/C16H26O5/c1-4-5-6-7-8-9-13(18)12-11-20-16(2,3)21-15(12)14(19)10-17/h10,12,15H,4-9,11H2,1-3H3. The Morgan fingerprint density at radius 3 is 2.48 bits per heavy atom. The van der Waals surface area contributed by atoms with Gasteiger partial charge < -0.3 is 9.47 Å². The molecule has 0 amide bonds. The molecular weight excluding hydrogens is 272 g/mol. The molecule has 2 unspecified atom stereocenters. The third kappa shape index (κ3) is 5.67. The molecule has 0 N–H and O–H groups in total. The van der Waals surface area contributed by atoms with Gasteiger partial charge in [0.05, 0.1) is 12.5 Å². The van der Waals surface area contributed by atoms with Crippen LogP contribution in [0.3, 0.4) is 0 Å². The molecule has 1 heterocycles. The number of ketones is 2. The molecule has 2 atom stereocenters. The molecule has 5 heteroatoms. The molecule has 1 rings (SSSR count). The number of carbonyl (C=O) groups is 3. The van der Waals surface area contributed by atoms with Crippen LogP contribution in [0, 0.1) is 5.92 Å². The van der Waals surface area contributed by atoms with Gasteiger partial charge >= 0.3 is 0 Å². The van der Waals surface area contributed by atoms with E-state index < -0.39 is 23.6 Å². The number of Topliss-reactive ketones (excluding diaryl/α,β-unsaturated/α-hetero) is 2. The van der Waals surface area contributed by atoms with Gasteiger partial charge in [0.2, 0.25) is 5.78 Å². The SMILES string of the molecule is CCCCCCCC(=O)C1COC(C)(C)OC1C(=O)C=O. The summed E-state index contributed by atoms with van der Waals surface area (Å²) in [4.78, 5) is 34.7. The highest BCUT2D eigenvalue weighted by Crippen LogP contribution is 2.28. The van der Waals surface area contributed by atoms with Crippen LogP contribution < -0.4 is 0 Å². The van der Waals surface area contributed by atoms with Crippen LogP contribution in [-0.2, 0) is 23.9 Å². The highest BCUT2D eigenvalue weighted by molar-refractivity contribution is 6.27. The summed E-state index contributed by atoms with van der Waals surface area (Å²) in [5.74, 6) is -2.35. The van der Waals surface area contributed by atoms with E-state index in [1.54, 1.807) is 13.8 Å². The van der Waals surface area contributed by atoms with E-state index in [9.17, 15) is 14.4 Å². The zero-order valence-corrected chi connectivity index (χ0v) is 13.2. The summed E-state index contributed by atoms with van der Waals surface area (Å²) in [6.45, 7) is 5.61. The maximum absolute atomic E-state index is 12.2. The largest absolute Gasteiger partial charge is 0.350 e. The van der Waals surface area contributed by atoms with Crippen molar-refractivity contribution in [3.63, 3.8) is 0 Å². The first-order valence-electron chi connectivity index (χ1n) is 7.74. The number of hydrogen-bond acceptors (Lipinski definition) is 5. The zero-order valence-electron chi connectivity index (χ0n) is 13.2. The lowest BCUT2D eigenvalue weighted by molar-refractivity contribution is -0.280. The first kappa shape index (κ1) is 18.0. The predicted molar refractivity (Wildman–Crippen MR) is 77.8 cm³/mol. The van der Waals surface area contributed by atoms with Crippen molar-refractivity contribution >= 4 is 17.9 Å². The predicted octanol–water partition coefficient (Wildman–Crippen LogP) is 2.45. The average molecular weight is 298 g/mol. The fourth-order valence-electron chi connectivity index (χ4n) is 2.47. The third-order valence-electron chi connectivity index (χ3n) is 3.72. The molecule has 1 aliphatic rings. The molecule has 1 fully saturated rings. The Morgan fingerprint density at radius 1 is 1.19 bits per heavy atom. The van der Waals surface area contributed by atoms with Gasteiger partial charge in [-0.05, 0) is 20.3 Å². The van der Waals surface area contributed by atoms with Crippen molar-refractivity contribution in [1.82, 2.24) is 0 Å². The summed E-state index contributed by atoms with van der Waals surface area (Å²) in [6.07, 6.45) is 4.89. The van der Waals surface area contributed by atoms with Crippen LogP contribution in [0.1, 0.15) is 59.3 Å². The first-order chi connectivity index (χ1) is 9.91. The van der Waals surface area contributed by atoms with Crippen LogP contribution >= 0.6 is 0 Å². The lowest BCUT2D eigenvalue weighted by Gasteiger charge is -2.39. The molecule has 0 aromatic heterocycles. The number of unbranched alkanes of at least 4 members (excludes halogenated alkanes) is 4. The van der Waals surface area contributed by atoms with Gasteiger partial charge in [-0.3, -0.25) is 14.4 Å². The highest BCUT2D eigenvalue weighted by atomic mass is 16.7. The van der Waals surface area contributed by atoms with E-state index in [0.29, 0.717) is 6.42 Å². The van der Waals surface area contributed by atoms with Gasteiger partial charge in [-0.25, -0.2) is 0 Å². The number of hydrogen-bond donors (Lipinski definition) is 0. The minimum absolute atomic E-state index is 0.0535. The van der Waals surface area contributed by atoms with Gasteiger partial charge in [0.15, 0.2) is 12.1 Å². The van der Waals surface area contributed by atoms with Gasteiger partial charge in [-0.1, -0.05) is 32.6 Å². The second kappa shape index (κ2) is 8.39. The maximum Gasteiger partial charge on any atom is 0.224 e. The van der Waals surface area contributed by atoms with Crippen LogP contribution in [0.4, 0.5) is 0 Å². The zero-order chi connectivity index (χ0) is 15.9. The normalized spacial score (nSPS) is 24.5. The molecule has 0 saturated carbocycles. The number of aldehydes is 1. The molecule has 5 nitrogen and oxygen atoms in total. The van der Waals surface area contributed by atoms with Crippen LogP contribution in [0.5, 0.6) is 0 Å². The summed E-state index contributed by atoms with van der Waals surface area (Å²) < 4.78 is 10.9. The van der Waals surface area contributed by atoms with Crippen LogP contribution in [-0.4, -0.2) is 36.4 Å². The van der Waals surface area contributed by atoms with Crippen molar-refractivity contribution in [3.05, 3.63) is 0 Å². The smallest absolute Gasteiger partial charge is 0.224 e. The minimum Gasteiger partial charge on any atom is -0.350 e. The molecule has 0 aromatic rings. The summed E-state index contributed by atoms with van der Waals surface area (Å²) in [5, 5.41) is 0. The van der Waals surface area contributed by atoms with Gasteiger partial charge in [0.1, 0.15) is 11.9 Å².